The highest BCUT2D eigenvalue weighted by atomic mass is 32.2. The van der Waals surface area contributed by atoms with E-state index in [1.54, 1.807) is 30.3 Å². The van der Waals surface area contributed by atoms with E-state index in [2.05, 4.69) is 9.97 Å². The molecule has 2 aromatic carbocycles. The van der Waals surface area contributed by atoms with E-state index >= 15 is 0 Å². The molecule has 0 radical (unpaired) electrons. The number of hydrogen-bond acceptors (Lipinski definition) is 6. The van der Waals surface area contributed by atoms with Crippen LogP contribution in [0.25, 0.3) is 22.0 Å². The number of carbonyl (C=O) groups is 2. The quantitative estimate of drug-likeness (QED) is 0.433. The molecule has 30 heavy (non-hydrogen) atoms. The number of H-pyrrole nitrogens is 1. The summed E-state index contributed by atoms with van der Waals surface area (Å²) in [5, 5.41) is 0.613. The second kappa shape index (κ2) is 5.62. The number of hydrogen-bond donors (Lipinski definition) is 2. The van der Waals surface area contributed by atoms with Gasteiger partial charge >= 0.3 is 0 Å². The molecule has 4 aromatic rings. The number of rotatable bonds is 1. The Balaban J connectivity index is 1.54. The maximum atomic E-state index is 13.1. The summed E-state index contributed by atoms with van der Waals surface area (Å²) in [5.41, 5.74) is 3.31. The topological polar surface area (TPSA) is 118 Å². The van der Waals surface area contributed by atoms with Gasteiger partial charge in [-0.25, -0.2) is 8.42 Å². The smallest absolute Gasteiger partial charge is 0.275 e. The van der Waals surface area contributed by atoms with Gasteiger partial charge < -0.3 is 9.82 Å². The number of benzene rings is 2. The van der Waals surface area contributed by atoms with Crippen molar-refractivity contribution in [1.82, 2.24) is 14.9 Å². The van der Waals surface area contributed by atoms with Gasteiger partial charge in [0.25, 0.3) is 10.0 Å². The van der Waals surface area contributed by atoms with Crippen LogP contribution in [0.3, 0.4) is 0 Å². The number of aromatic nitrogens is 2. The van der Waals surface area contributed by atoms with Gasteiger partial charge in [0.05, 0.1) is 16.8 Å². The Hall–Kier alpha value is -3.82. The van der Waals surface area contributed by atoms with Gasteiger partial charge in [0.1, 0.15) is 4.90 Å². The highest BCUT2D eigenvalue weighted by molar-refractivity contribution is 7.89. The van der Waals surface area contributed by atoms with E-state index in [1.165, 1.54) is 18.5 Å². The van der Waals surface area contributed by atoms with Crippen molar-refractivity contribution in [1.29, 1.82) is 0 Å². The summed E-state index contributed by atoms with van der Waals surface area (Å²) < 4.78 is 23.7. The summed E-state index contributed by atoms with van der Waals surface area (Å²) in [6.45, 7) is 0. The molecule has 0 spiro atoms. The number of carbonyl (C=O) groups excluding carboxylic acids is 2. The molecule has 2 aromatic heterocycles. The van der Waals surface area contributed by atoms with Gasteiger partial charge in [-0.15, -0.1) is 0 Å². The van der Waals surface area contributed by atoms with Gasteiger partial charge in [0.15, 0.2) is 11.5 Å². The predicted octanol–water partition coefficient (Wildman–Crippen LogP) is 2.59. The molecule has 2 N–H and O–H groups in total. The minimum Gasteiger partial charge on any atom is -0.392 e. The van der Waals surface area contributed by atoms with E-state index in [4.69, 9.17) is 4.84 Å². The van der Waals surface area contributed by atoms with Crippen LogP contribution in [0.5, 0.6) is 5.75 Å². The average molecular weight is 417 g/mol. The number of fused-ring (bicyclic) bond motifs is 5. The Morgan fingerprint density at radius 3 is 2.57 bits per heavy atom. The fourth-order valence-electron chi connectivity index (χ4n) is 3.95. The SMILES string of the molecule is O=C1c2ccncc2C(=O)c2c1[nH]c1ccc(-c3ccc4c(c3)ONS4(=O)=O)cc21. The van der Waals surface area contributed by atoms with Gasteiger partial charge in [0.2, 0.25) is 5.78 Å². The Morgan fingerprint density at radius 1 is 0.900 bits per heavy atom. The Bertz CT molecular complexity index is 1550. The molecule has 6 rings (SSSR count). The summed E-state index contributed by atoms with van der Waals surface area (Å²) >= 11 is 0. The van der Waals surface area contributed by atoms with Crippen molar-refractivity contribution < 1.29 is 22.8 Å². The van der Waals surface area contributed by atoms with Crippen molar-refractivity contribution in [2.75, 3.05) is 0 Å². The van der Waals surface area contributed by atoms with E-state index in [1.807, 2.05) is 11.0 Å². The second-order valence-electron chi connectivity index (χ2n) is 7.07. The summed E-state index contributed by atoms with van der Waals surface area (Å²) in [7, 11) is -3.65. The number of ketones is 2. The fraction of sp³-hybridized carbons (Fsp3) is 0. The summed E-state index contributed by atoms with van der Waals surface area (Å²) in [6, 6.07) is 11.7. The zero-order valence-corrected chi connectivity index (χ0v) is 15.9. The highest BCUT2D eigenvalue weighted by Gasteiger charge is 2.33. The second-order valence-corrected chi connectivity index (χ2v) is 8.68. The van der Waals surface area contributed by atoms with Crippen LogP contribution in [-0.2, 0) is 10.0 Å². The van der Waals surface area contributed by atoms with Gasteiger partial charge in [-0.2, -0.15) is 0 Å². The van der Waals surface area contributed by atoms with Crippen molar-refractivity contribution in [3.05, 3.63) is 77.2 Å². The molecular weight excluding hydrogens is 406 g/mol. The molecule has 0 fully saturated rings. The van der Waals surface area contributed by atoms with Crippen molar-refractivity contribution in [2.24, 2.45) is 0 Å². The average Bonchev–Trinajstić information content (AvgIpc) is 3.29. The zero-order valence-electron chi connectivity index (χ0n) is 15.1. The number of pyridine rings is 1. The highest BCUT2D eigenvalue weighted by Crippen LogP contribution is 2.37. The number of nitrogens with one attached hydrogen (secondary N) is 2. The lowest BCUT2D eigenvalue weighted by atomic mass is 9.88. The third kappa shape index (κ3) is 2.18. The van der Waals surface area contributed by atoms with E-state index in [0.29, 0.717) is 27.6 Å². The van der Waals surface area contributed by atoms with Crippen molar-refractivity contribution in [3.63, 3.8) is 0 Å². The molecule has 0 saturated carbocycles. The molecule has 0 saturated heterocycles. The molecule has 1 aliphatic heterocycles. The van der Waals surface area contributed by atoms with Crippen LogP contribution in [0, 0.1) is 0 Å². The van der Waals surface area contributed by atoms with Crippen LogP contribution in [-0.4, -0.2) is 30.0 Å². The Morgan fingerprint density at radius 2 is 1.70 bits per heavy atom. The largest absolute Gasteiger partial charge is 0.392 e. The molecule has 1 aliphatic carbocycles. The van der Waals surface area contributed by atoms with Gasteiger partial charge in [-0.1, -0.05) is 12.1 Å². The minimum atomic E-state index is -3.65. The first-order valence-corrected chi connectivity index (χ1v) is 10.4. The number of nitrogens with zero attached hydrogens (tertiary/aromatic N) is 1. The molecular formula is C21H11N3O5S. The van der Waals surface area contributed by atoms with Gasteiger partial charge in [-0.3, -0.25) is 14.6 Å². The van der Waals surface area contributed by atoms with Crippen LogP contribution < -0.4 is 9.72 Å². The standard InChI is InChI=1S/C21H11N3O5S/c25-20-14-9-22-6-5-12(14)21(26)19-18(20)13-7-10(1-3-15(13)23-19)11-2-4-17-16(8-11)29-24-30(17,27)28/h1-9,23-24H. The van der Waals surface area contributed by atoms with Crippen molar-refractivity contribution in [3.8, 4) is 16.9 Å². The summed E-state index contributed by atoms with van der Waals surface area (Å²) in [5.74, 6) is -0.305. The molecule has 3 heterocycles. The monoisotopic (exact) mass is 417 g/mol. The molecule has 0 bridgehead atoms. The molecule has 8 nitrogen and oxygen atoms in total. The minimum absolute atomic E-state index is 0.0660. The summed E-state index contributed by atoms with van der Waals surface area (Å²) in [6.07, 6.45) is 2.90. The van der Waals surface area contributed by atoms with E-state index in [-0.39, 0.29) is 33.5 Å². The first-order chi connectivity index (χ1) is 14.4. The molecule has 146 valence electrons. The lowest BCUT2D eigenvalue weighted by molar-refractivity contribution is 0.0977. The van der Waals surface area contributed by atoms with Crippen LogP contribution in [0.2, 0.25) is 0 Å². The molecule has 0 unspecified atom stereocenters. The molecule has 9 heteroatoms. The van der Waals surface area contributed by atoms with Crippen molar-refractivity contribution in [2.45, 2.75) is 4.90 Å². The van der Waals surface area contributed by atoms with E-state index in [0.717, 1.165) is 5.56 Å². The first-order valence-electron chi connectivity index (χ1n) is 8.96. The van der Waals surface area contributed by atoms with Crippen LogP contribution in [0.4, 0.5) is 0 Å². The zero-order chi connectivity index (χ0) is 20.6. The van der Waals surface area contributed by atoms with Gasteiger partial charge in [0, 0.05) is 28.9 Å². The fourth-order valence-corrected chi connectivity index (χ4v) is 4.86. The van der Waals surface area contributed by atoms with E-state index in [9.17, 15) is 18.0 Å². The molecule has 0 atom stereocenters. The summed E-state index contributed by atoms with van der Waals surface area (Å²) in [4.78, 5) is 40.1. The van der Waals surface area contributed by atoms with Crippen LogP contribution in [0.1, 0.15) is 32.0 Å². The third-order valence-corrected chi connectivity index (χ3v) is 6.61. The maximum absolute atomic E-state index is 13.1. The first kappa shape index (κ1) is 17.1. The normalized spacial score (nSPS) is 16.1. The predicted molar refractivity (Wildman–Crippen MR) is 106 cm³/mol. The number of aromatic amines is 1. The maximum Gasteiger partial charge on any atom is 0.275 e. The Labute approximate surface area is 169 Å². The molecule has 0 amide bonds. The molecule has 2 aliphatic rings. The number of sulfonamides is 1. The van der Waals surface area contributed by atoms with Gasteiger partial charge in [-0.05, 0) is 46.3 Å². The Kier molecular flexibility index (Phi) is 3.20. The van der Waals surface area contributed by atoms with Crippen LogP contribution >= 0.6 is 0 Å². The van der Waals surface area contributed by atoms with Crippen molar-refractivity contribution >= 4 is 32.5 Å². The lowest BCUT2D eigenvalue weighted by Crippen LogP contribution is -2.20. The third-order valence-electron chi connectivity index (χ3n) is 5.39. The van der Waals surface area contributed by atoms with E-state index < -0.39 is 10.0 Å². The lowest BCUT2D eigenvalue weighted by Gasteiger charge is -2.13. The van der Waals surface area contributed by atoms with Crippen LogP contribution in [0.15, 0.2) is 59.8 Å².